The van der Waals surface area contributed by atoms with Crippen LogP contribution in [-0.2, 0) is 4.79 Å². The number of hydrogen-bond donors (Lipinski definition) is 2. The van der Waals surface area contributed by atoms with Crippen LogP contribution < -0.4 is 10.6 Å². The van der Waals surface area contributed by atoms with Crippen LogP contribution in [0.2, 0.25) is 0 Å². The quantitative estimate of drug-likeness (QED) is 0.623. The molecule has 1 heterocycles. The van der Waals surface area contributed by atoms with E-state index in [-0.39, 0.29) is 30.7 Å². The summed E-state index contributed by atoms with van der Waals surface area (Å²) in [6.07, 6.45) is 7.70. The van der Waals surface area contributed by atoms with Crippen molar-refractivity contribution in [3.05, 3.63) is 0 Å². The standard InChI is InChI=1S/C17H33N3O.2ClH/c1-3-15(4-2)16(20-9-5-6-10-20)12-19-17(21)13-18-11-14-7-8-14;;/h14-16,18H,3-13H2,1-2H3,(H,19,21);2*1H. The zero-order valence-corrected chi connectivity index (χ0v) is 16.3. The van der Waals surface area contributed by atoms with Gasteiger partial charge in [-0.2, -0.15) is 0 Å². The van der Waals surface area contributed by atoms with Crippen LogP contribution in [0.1, 0.15) is 52.4 Å². The molecule has 1 amide bonds. The molecule has 2 N–H and O–H groups in total. The van der Waals surface area contributed by atoms with Gasteiger partial charge in [0.1, 0.15) is 0 Å². The average Bonchev–Trinajstić information content (AvgIpc) is 3.15. The van der Waals surface area contributed by atoms with Gasteiger partial charge in [-0.3, -0.25) is 9.69 Å². The third-order valence-corrected chi connectivity index (χ3v) is 5.13. The first-order chi connectivity index (χ1) is 10.2. The molecule has 1 unspecified atom stereocenters. The maximum atomic E-state index is 12.0. The molecular formula is C17H35Cl2N3O. The van der Waals surface area contributed by atoms with Crippen LogP contribution >= 0.6 is 24.8 Å². The first kappa shape index (κ1) is 23.0. The number of likely N-dealkylation sites (tertiary alicyclic amines) is 1. The molecular weight excluding hydrogens is 333 g/mol. The normalized spacial score (nSPS) is 19.1. The molecule has 1 aliphatic carbocycles. The number of nitrogens with zero attached hydrogens (tertiary/aromatic N) is 1. The average molecular weight is 368 g/mol. The largest absolute Gasteiger partial charge is 0.353 e. The number of amides is 1. The van der Waals surface area contributed by atoms with E-state index < -0.39 is 0 Å². The number of nitrogens with one attached hydrogen (secondary N) is 2. The van der Waals surface area contributed by atoms with Gasteiger partial charge in [0.2, 0.25) is 5.91 Å². The predicted octanol–water partition coefficient (Wildman–Crippen LogP) is 2.85. The maximum Gasteiger partial charge on any atom is 0.234 e. The fourth-order valence-corrected chi connectivity index (χ4v) is 3.49. The Kier molecular flexibility index (Phi) is 12.3. The number of hydrogen-bond acceptors (Lipinski definition) is 3. The fourth-order valence-electron chi connectivity index (χ4n) is 3.49. The minimum atomic E-state index is 0. The van der Waals surface area contributed by atoms with Gasteiger partial charge >= 0.3 is 0 Å². The minimum Gasteiger partial charge on any atom is -0.353 e. The molecule has 1 saturated heterocycles. The summed E-state index contributed by atoms with van der Waals surface area (Å²) >= 11 is 0. The van der Waals surface area contributed by atoms with Crippen LogP contribution in [0.25, 0.3) is 0 Å². The van der Waals surface area contributed by atoms with Gasteiger partial charge in [-0.1, -0.05) is 26.7 Å². The Labute approximate surface area is 154 Å². The smallest absolute Gasteiger partial charge is 0.234 e. The molecule has 2 rings (SSSR count). The summed E-state index contributed by atoms with van der Waals surface area (Å²) in [7, 11) is 0. The maximum absolute atomic E-state index is 12.0. The Morgan fingerprint density at radius 3 is 2.26 bits per heavy atom. The van der Waals surface area contributed by atoms with Gasteiger partial charge in [0.15, 0.2) is 0 Å². The summed E-state index contributed by atoms with van der Waals surface area (Å²) < 4.78 is 0. The minimum absolute atomic E-state index is 0. The highest BCUT2D eigenvalue weighted by Gasteiger charge is 2.27. The van der Waals surface area contributed by atoms with E-state index in [0.29, 0.717) is 18.5 Å². The summed E-state index contributed by atoms with van der Waals surface area (Å²) in [5.74, 6) is 1.69. The van der Waals surface area contributed by atoms with Crippen molar-refractivity contribution in [1.82, 2.24) is 15.5 Å². The van der Waals surface area contributed by atoms with Gasteiger partial charge < -0.3 is 10.6 Å². The molecule has 0 bridgehead atoms. The third kappa shape index (κ3) is 8.06. The lowest BCUT2D eigenvalue weighted by Crippen LogP contribution is -2.48. The topological polar surface area (TPSA) is 44.4 Å². The lowest BCUT2D eigenvalue weighted by Gasteiger charge is -2.34. The monoisotopic (exact) mass is 367 g/mol. The predicted molar refractivity (Wildman–Crippen MR) is 102 cm³/mol. The lowest BCUT2D eigenvalue weighted by molar-refractivity contribution is -0.120. The van der Waals surface area contributed by atoms with Gasteiger partial charge in [-0.15, -0.1) is 24.8 Å². The van der Waals surface area contributed by atoms with Crippen LogP contribution in [0.4, 0.5) is 0 Å². The Morgan fingerprint density at radius 1 is 1.13 bits per heavy atom. The van der Waals surface area contributed by atoms with Gasteiger partial charge in [-0.25, -0.2) is 0 Å². The number of halogens is 2. The molecule has 23 heavy (non-hydrogen) atoms. The van der Waals surface area contributed by atoms with Crippen molar-refractivity contribution < 1.29 is 4.79 Å². The summed E-state index contributed by atoms with van der Waals surface area (Å²) in [6.45, 7) is 9.26. The summed E-state index contributed by atoms with van der Waals surface area (Å²) in [5, 5.41) is 6.43. The molecule has 0 aromatic heterocycles. The van der Waals surface area contributed by atoms with Gasteiger partial charge in [0.05, 0.1) is 6.54 Å². The fraction of sp³-hybridized carbons (Fsp3) is 0.941. The molecule has 1 atom stereocenters. The zero-order chi connectivity index (χ0) is 15.1. The Bertz CT molecular complexity index is 315. The van der Waals surface area contributed by atoms with Gasteiger partial charge in [0, 0.05) is 12.6 Å². The zero-order valence-electron chi connectivity index (χ0n) is 14.7. The van der Waals surface area contributed by atoms with E-state index in [0.717, 1.165) is 19.0 Å². The molecule has 0 spiro atoms. The van der Waals surface area contributed by atoms with E-state index in [1.807, 2.05) is 0 Å². The molecule has 2 aliphatic rings. The van der Waals surface area contributed by atoms with Crippen molar-refractivity contribution in [2.24, 2.45) is 11.8 Å². The number of carbonyl (C=O) groups excluding carboxylic acids is 1. The highest BCUT2D eigenvalue weighted by Crippen LogP contribution is 2.27. The summed E-state index contributed by atoms with van der Waals surface area (Å²) in [5.41, 5.74) is 0. The summed E-state index contributed by atoms with van der Waals surface area (Å²) in [6, 6.07) is 0.523. The van der Waals surface area contributed by atoms with Crippen LogP contribution in [0.3, 0.4) is 0 Å². The highest BCUT2D eigenvalue weighted by molar-refractivity contribution is 5.85. The lowest BCUT2D eigenvalue weighted by atomic mass is 9.93. The van der Waals surface area contributed by atoms with Crippen LogP contribution in [0.15, 0.2) is 0 Å². The van der Waals surface area contributed by atoms with E-state index in [9.17, 15) is 4.79 Å². The van der Waals surface area contributed by atoms with E-state index in [1.54, 1.807) is 0 Å². The highest BCUT2D eigenvalue weighted by atomic mass is 35.5. The van der Waals surface area contributed by atoms with Crippen LogP contribution in [-0.4, -0.2) is 49.6 Å². The van der Waals surface area contributed by atoms with E-state index >= 15 is 0 Å². The van der Waals surface area contributed by atoms with Crippen molar-refractivity contribution >= 4 is 30.7 Å². The van der Waals surface area contributed by atoms with Crippen molar-refractivity contribution in [2.45, 2.75) is 58.4 Å². The van der Waals surface area contributed by atoms with E-state index in [1.165, 1.54) is 51.6 Å². The van der Waals surface area contributed by atoms with E-state index in [2.05, 4.69) is 29.4 Å². The molecule has 1 aliphatic heterocycles. The summed E-state index contributed by atoms with van der Waals surface area (Å²) in [4.78, 5) is 14.6. The van der Waals surface area contributed by atoms with Crippen molar-refractivity contribution in [3.8, 4) is 0 Å². The number of rotatable bonds is 10. The van der Waals surface area contributed by atoms with Gasteiger partial charge in [0.25, 0.3) is 0 Å². The molecule has 0 aromatic rings. The van der Waals surface area contributed by atoms with Crippen molar-refractivity contribution in [2.75, 3.05) is 32.7 Å². The molecule has 138 valence electrons. The molecule has 6 heteroatoms. The first-order valence-corrected chi connectivity index (χ1v) is 8.96. The second kappa shape index (κ2) is 12.3. The third-order valence-electron chi connectivity index (χ3n) is 5.13. The second-order valence-electron chi connectivity index (χ2n) is 6.77. The van der Waals surface area contributed by atoms with Crippen LogP contribution in [0.5, 0.6) is 0 Å². The molecule has 4 nitrogen and oxygen atoms in total. The van der Waals surface area contributed by atoms with Crippen LogP contribution in [0, 0.1) is 11.8 Å². The van der Waals surface area contributed by atoms with E-state index in [4.69, 9.17) is 0 Å². The molecule has 2 fully saturated rings. The number of carbonyl (C=O) groups is 1. The Hall–Kier alpha value is -0.0300. The Balaban J connectivity index is 0.00000242. The van der Waals surface area contributed by atoms with Crippen molar-refractivity contribution in [3.63, 3.8) is 0 Å². The molecule has 1 saturated carbocycles. The SMILES string of the molecule is CCC(CC)C(CNC(=O)CNCC1CC1)N1CCCC1.Cl.Cl. The van der Waals surface area contributed by atoms with Crippen molar-refractivity contribution in [1.29, 1.82) is 0 Å². The second-order valence-corrected chi connectivity index (χ2v) is 6.77. The molecule has 0 aromatic carbocycles. The Morgan fingerprint density at radius 2 is 1.74 bits per heavy atom. The van der Waals surface area contributed by atoms with Gasteiger partial charge in [-0.05, 0) is 57.2 Å². The molecule has 0 radical (unpaired) electrons. The first-order valence-electron chi connectivity index (χ1n) is 8.96.